The first-order valence-corrected chi connectivity index (χ1v) is 4.88. The molecular weight excluding hydrogens is 184 g/mol. The lowest BCUT2D eigenvalue weighted by Gasteiger charge is -2.01. The van der Waals surface area contributed by atoms with Crippen molar-refractivity contribution in [1.29, 1.82) is 0 Å². The number of hydrogen-bond acceptors (Lipinski definition) is 1. The first-order chi connectivity index (χ1) is 7.45. The van der Waals surface area contributed by atoms with Crippen LogP contribution in [0.3, 0.4) is 0 Å². The van der Waals surface area contributed by atoms with Crippen molar-refractivity contribution < 1.29 is 4.42 Å². The molecule has 3 rings (SSSR count). The third-order valence-corrected chi connectivity index (χ3v) is 2.49. The van der Waals surface area contributed by atoms with E-state index in [2.05, 4.69) is 30.3 Å². The van der Waals surface area contributed by atoms with E-state index in [0.717, 1.165) is 22.5 Å². The molecule has 0 spiro atoms. The monoisotopic (exact) mass is 193 g/mol. The summed E-state index contributed by atoms with van der Waals surface area (Å²) in [5.74, 6) is 0.942. The van der Waals surface area contributed by atoms with Gasteiger partial charge in [-0.1, -0.05) is 24.3 Å². The van der Waals surface area contributed by atoms with Gasteiger partial charge in [0.05, 0.1) is 6.26 Å². The smallest absolute Gasteiger partial charge is 0.141 e. The third kappa shape index (κ3) is 1.33. The second-order valence-corrected chi connectivity index (χ2v) is 3.44. The molecule has 0 aromatic heterocycles. The van der Waals surface area contributed by atoms with E-state index < -0.39 is 0 Å². The van der Waals surface area contributed by atoms with E-state index in [0.29, 0.717) is 0 Å². The minimum Gasteiger partial charge on any atom is -0.464 e. The molecule has 0 saturated heterocycles. The van der Waals surface area contributed by atoms with E-state index in [4.69, 9.17) is 4.42 Å². The molecule has 0 unspecified atom stereocenters. The molecule has 0 amide bonds. The lowest BCUT2D eigenvalue weighted by molar-refractivity contribution is 0.568. The zero-order valence-electron chi connectivity index (χ0n) is 8.10. The van der Waals surface area contributed by atoms with E-state index in [9.17, 15) is 0 Å². The van der Waals surface area contributed by atoms with E-state index in [1.807, 2.05) is 24.3 Å². The molecule has 0 N–H and O–H groups in total. The van der Waals surface area contributed by atoms with E-state index >= 15 is 0 Å². The molecular formula is C14H9O. The van der Waals surface area contributed by atoms with Gasteiger partial charge in [0, 0.05) is 11.1 Å². The number of rotatable bonds is 1. The van der Waals surface area contributed by atoms with Gasteiger partial charge in [0.25, 0.3) is 0 Å². The highest BCUT2D eigenvalue weighted by molar-refractivity contribution is 5.82. The molecule has 1 heteroatoms. The minimum absolute atomic E-state index is 0.942. The predicted molar refractivity (Wildman–Crippen MR) is 59.6 cm³/mol. The quantitative estimate of drug-likeness (QED) is 0.572. The highest BCUT2D eigenvalue weighted by Gasteiger charge is 2.11. The topological polar surface area (TPSA) is 13.1 Å². The normalized spacial score (nSPS) is 10.7. The molecule has 15 heavy (non-hydrogen) atoms. The average Bonchev–Trinajstić information content (AvgIpc) is 2.74. The molecule has 0 atom stereocenters. The first-order valence-electron chi connectivity index (χ1n) is 4.88. The Hall–Kier alpha value is -2.02. The predicted octanol–water partition coefficient (Wildman–Crippen LogP) is 3.85. The van der Waals surface area contributed by atoms with Gasteiger partial charge in [-0.3, -0.25) is 0 Å². The van der Waals surface area contributed by atoms with Crippen LogP contribution in [0.15, 0.2) is 59.2 Å². The maximum absolute atomic E-state index is 5.52. The van der Waals surface area contributed by atoms with Crippen LogP contribution in [0.4, 0.5) is 0 Å². The van der Waals surface area contributed by atoms with Gasteiger partial charge in [-0.25, -0.2) is 0 Å². The van der Waals surface area contributed by atoms with Gasteiger partial charge in [0.2, 0.25) is 0 Å². The molecule has 1 aromatic carbocycles. The van der Waals surface area contributed by atoms with Crippen LogP contribution in [-0.2, 0) is 0 Å². The summed E-state index contributed by atoms with van der Waals surface area (Å²) in [4.78, 5) is 0. The number of benzene rings is 1. The van der Waals surface area contributed by atoms with E-state index in [-0.39, 0.29) is 0 Å². The van der Waals surface area contributed by atoms with Crippen molar-refractivity contribution >= 4 is 0 Å². The van der Waals surface area contributed by atoms with Gasteiger partial charge in [-0.05, 0) is 35.9 Å². The summed E-state index contributed by atoms with van der Waals surface area (Å²) in [5.41, 5.74) is 3.40. The second-order valence-electron chi connectivity index (χ2n) is 3.44. The van der Waals surface area contributed by atoms with Gasteiger partial charge in [-0.2, -0.15) is 0 Å². The summed E-state index contributed by atoms with van der Waals surface area (Å²) in [6, 6.07) is 19.1. The van der Waals surface area contributed by atoms with Crippen LogP contribution >= 0.6 is 0 Å². The SMILES string of the molecule is [c]1cccc(-c2ccc3cccoc2-3)c1. The third-order valence-electron chi connectivity index (χ3n) is 2.49. The van der Waals surface area contributed by atoms with Crippen molar-refractivity contribution in [3.05, 3.63) is 60.9 Å². The molecule has 1 aliphatic heterocycles. The lowest BCUT2D eigenvalue weighted by Crippen LogP contribution is -1.77. The fraction of sp³-hybridized carbons (Fsp3) is 0. The van der Waals surface area contributed by atoms with Crippen molar-refractivity contribution in [3.63, 3.8) is 0 Å². The van der Waals surface area contributed by atoms with Crippen LogP contribution in [0.2, 0.25) is 0 Å². The molecule has 1 aromatic rings. The van der Waals surface area contributed by atoms with Crippen molar-refractivity contribution in [2.45, 2.75) is 0 Å². The number of hydrogen-bond donors (Lipinski definition) is 0. The van der Waals surface area contributed by atoms with Crippen molar-refractivity contribution in [2.75, 3.05) is 0 Å². The lowest BCUT2D eigenvalue weighted by atomic mass is 10.1. The molecule has 0 bridgehead atoms. The molecule has 1 nitrogen and oxygen atoms in total. The molecule has 1 radical (unpaired) electrons. The summed E-state index contributed by atoms with van der Waals surface area (Å²) in [7, 11) is 0. The Morgan fingerprint density at radius 1 is 0.933 bits per heavy atom. The van der Waals surface area contributed by atoms with Crippen LogP contribution in [-0.4, -0.2) is 0 Å². The van der Waals surface area contributed by atoms with Gasteiger partial charge in [-0.15, -0.1) is 0 Å². The minimum atomic E-state index is 0.942. The highest BCUT2D eigenvalue weighted by atomic mass is 16.3. The van der Waals surface area contributed by atoms with Gasteiger partial charge >= 0.3 is 0 Å². The summed E-state index contributed by atoms with van der Waals surface area (Å²) >= 11 is 0. The van der Waals surface area contributed by atoms with E-state index in [1.54, 1.807) is 6.26 Å². The summed E-state index contributed by atoms with van der Waals surface area (Å²) in [6.45, 7) is 0. The van der Waals surface area contributed by atoms with Crippen LogP contribution in [0.25, 0.3) is 22.5 Å². The Morgan fingerprint density at radius 2 is 1.87 bits per heavy atom. The Bertz CT molecular complexity index is 536. The largest absolute Gasteiger partial charge is 0.464 e. The van der Waals surface area contributed by atoms with Crippen LogP contribution in [0.5, 0.6) is 0 Å². The highest BCUT2D eigenvalue weighted by Crippen LogP contribution is 2.34. The Morgan fingerprint density at radius 3 is 2.73 bits per heavy atom. The summed E-state index contributed by atoms with van der Waals surface area (Å²) in [5, 5.41) is 0. The molecule has 0 fully saturated rings. The van der Waals surface area contributed by atoms with Gasteiger partial charge in [0.15, 0.2) is 0 Å². The fourth-order valence-corrected chi connectivity index (χ4v) is 1.78. The Balaban J connectivity index is 2.22. The molecule has 1 heterocycles. The number of fused-ring (bicyclic) bond motifs is 1. The Labute approximate surface area is 88.3 Å². The summed E-state index contributed by atoms with van der Waals surface area (Å²) < 4.78 is 5.52. The zero-order valence-corrected chi connectivity index (χ0v) is 8.10. The second kappa shape index (κ2) is 3.28. The maximum Gasteiger partial charge on any atom is 0.141 e. The molecule has 2 aliphatic rings. The fourth-order valence-electron chi connectivity index (χ4n) is 1.78. The van der Waals surface area contributed by atoms with Crippen LogP contribution in [0.1, 0.15) is 0 Å². The van der Waals surface area contributed by atoms with E-state index in [1.165, 1.54) is 0 Å². The first kappa shape index (κ1) is 8.30. The van der Waals surface area contributed by atoms with Gasteiger partial charge < -0.3 is 4.42 Å². The maximum atomic E-state index is 5.52. The van der Waals surface area contributed by atoms with Crippen LogP contribution < -0.4 is 0 Å². The average molecular weight is 193 g/mol. The summed E-state index contributed by atoms with van der Waals surface area (Å²) in [6.07, 6.45) is 1.71. The molecule has 0 saturated carbocycles. The van der Waals surface area contributed by atoms with Gasteiger partial charge in [0.1, 0.15) is 5.76 Å². The van der Waals surface area contributed by atoms with Crippen molar-refractivity contribution in [1.82, 2.24) is 0 Å². The zero-order chi connectivity index (χ0) is 10.1. The van der Waals surface area contributed by atoms with Crippen molar-refractivity contribution in [3.8, 4) is 22.5 Å². The molecule has 1 aliphatic carbocycles. The van der Waals surface area contributed by atoms with Crippen LogP contribution in [0, 0.1) is 6.07 Å². The standard InChI is InChI=1S/C14H9O/c1-2-5-11(6-3-1)13-9-8-12-7-4-10-15-14(12)13/h1-2,4-10H. The Kier molecular flexibility index (Phi) is 1.82. The molecule has 71 valence electrons. The van der Waals surface area contributed by atoms with Crippen molar-refractivity contribution in [2.24, 2.45) is 0 Å².